The maximum Gasteiger partial charge on any atom is 0.219 e. The van der Waals surface area contributed by atoms with E-state index in [-0.39, 0.29) is 0 Å². The summed E-state index contributed by atoms with van der Waals surface area (Å²) in [6, 6.07) is 9.51. The highest BCUT2D eigenvalue weighted by atomic mass is 16.5. The fourth-order valence-electron chi connectivity index (χ4n) is 2.00. The number of aromatic nitrogens is 1. The molecule has 0 amide bonds. The first-order valence-corrected chi connectivity index (χ1v) is 6.51. The van der Waals surface area contributed by atoms with Crippen molar-refractivity contribution in [2.45, 2.75) is 26.6 Å². The lowest BCUT2D eigenvalue weighted by atomic mass is 10.1. The first kappa shape index (κ1) is 14.3. The Labute approximate surface area is 119 Å². The lowest BCUT2D eigenvalue weighted by molar-refractivity contribution is 0.189. The van der Waals surface area contributed by atoms with E-state index in [2.05, 4.69) is 4.98 Å². The molecule has 1 atom stereocenters. The van der Waals surface area contributed by atoms with Crippen LogP contribution in [0.1, 0.15) is 29.7 Å². The van der Waals surface area contributed by atoms with E-state index in [4.69, 9.17) is 9.47 Å². The first-order chi connectivity index (χ1) is 9.61. The van der Waals surface area contributed by atoms with Crippen LogP contribution in [0.5, 0.6) is 11.6 Å². The molecule has 0 saturated carbocycles. The maximum atomic E-state index is 9.81. The molecule has 1 aromatic carbocycles. The predicted molar refractivity (Wildman–Crippen MR) is 76.9 cm³/mol. The Hall–Kier alpha value is -2.07. The third-order valence-electron chi connectivity index (χ3n) is 3.04. The molecule has 0 aliphatic rings. The molecule has 0 spiro atoms. The molecule has 20 heavy (non-hydrogen) atoms. The number of aryl methyl sites for hydroxylation is 1. The van der Waals surface area contributed by atoms with Crippen molar-refractivity contribution in [1.29, 1.82) is 0 Å². The van der Waals surface area contributed by atoms with Crippen LogP contribution in [0.4, 0.5) is 0 Å². The highest BCUT2D eigenvalue weighted by Crippen LogP contribution is 2.27. The van der Waals surface area contributed by atoms with Crippen LogP contribution in [-0.2, 0) is 6.61 Å². The molecule has 1 N–H and O–H groups in total. The number of benzene rings is 1. The highest BCUT2D eigenvalue weighted by molar-refractivity contribution is 5.38. The van der Waals surface area contributed by atoms with Gasteiger partial charge in [-0.2, -0.15) is 0 Å². The summed E-state index contributed by atoms with van der Waals surface area (Å²) in [6.07, 6.45) is 1.11. The third-order valence-corrected chi connectivity index (χ3v) is 3.04. The van der Waals surface area contributed by atoms with Gasteiger partial charge in [0.15, 0.2) is 0 Å². The van der Waals surface area contributed by atoms with Crippen molar-refractivity contribution in [2.24, 2.45) is 0 Å². The molecule has 4 heteroatoms. The number of methoxy groups -OCH3 is 1. The molecule has 0 bridgehead atoms. The summed E-state index contributed by atoms with van der Waals surface area (Å²) in [6.45, 7) is 4.06. The Bertz CT molecular complexity index is 582. The average Bonchev–Trinajstić information content (AvgIpc) is 2.46. The van der Waals surface area contributed by atoms with Crippen LogP contribution in [-0.4, -0.2) is 17.2 Å². The van der Waals surface area contributed by atoms with Crippen LogP contribution < -0.4 is 9.47 Å². The molecule has 0 unspecified atom stereocenters. The SMILES string of the molecule is COc1ncccc1COc1ccc(C)cc1[C@H](C)O. The molecule has 106 valence electrons. The van der Waals surface area contributed by atoms with E-state index in [1.54, 1.807) is 20.2 Å². The largest absolute Gasteiger partial charge is 0.488 e. The van der Waals surface area contributed by atoms with Gasteiger partial charge >= 0.3 is 0 Å². The molecule has 2 rings (SSSR count). The summed E-state index contributed by atoms with van der Waals surface area (Å²) in [5.41, 5.74) is 2.74. The molecule has 0 fully saturated rings. The topological polar surface area (TPSA) is 51.6 Å². The lowest BCUT2D eigenvalue weighted by Gasteiger charge is -2.15. The predicted octanol–water partition coefficient (Wildman–Crippen LogP) is 3.03. The van der Waals surface area contributed by atoms with Crippen LogP contribution in [0.2, 0.25) is 0 Å². The minimum atomic E-state index is -0.569. The van der Waals surface area contributed by atoms with E-state index < -0.39 is 6.10 Å². The van der Waals surface area contributed by atoms with E-state index in [0.29, 0.717) is 18.2 Å². The van der Waals surface area contributed by atoms with Crippen LogP contribution in [0.15, 0.2) is 36.5 Å². The zero-order chi connectivity index (χ0) is 14.5. The minimum Gasteiger partial charge on any atom is -0.488 e. The molecule has 2 aromatic rings. The molecule has 0 saturated heterocycles. The van der Waals surface area contributed by atoms with Crippen molar-refractivity contribution in [2.75, 3.05) is 7.11 Å². The Kier molecular flexibility index (Phi) is 4.58. The molecule has 4 nitrogen and oxygen atoms in total. The van der Waals surface area contributed by atoms with Crippen molar-refractivity contribution >= 4 is 0 Å². The van der Waals surface area contributed by atoms with Gasteiger partial charge in [0.2, 0.25) is 5.88 Å². The van der Waals surface area contributed by atoms with Crippen molar-refractivity contribution in [3.05, 3.63) is 53.2 Å². The molecular weight excluding hydrogens is 254 g/mol. The third kappa shape index (κ3) is 3.27. The van der Waals surface area contributed by atoms with Gasteiger partial charge in [0.1, 0.15) is 12.4 Å². The standard InChI is InChI=1S/C16H19NO3/c1-11-6-7-15(14(9-11)12(2)18)20-10-13-5-4-8-17-16(13)19-3/h4-9,12,18H,10H2,1-3H3/t12-/m0/s1. The quantitative estimate of drug-likeness (QED) is 0.909. The second-order valence-electron chi connectivity index (χ2n) is 4.68. The smallest absolute Gasteiger partial charge is 0.219 e. The van der Waals surface area contributed by atoms with Gasteiger partial charge < -0.3 is 14.6 Å². The van der Waals surface area contributed by atoms with E-state index in [1.807, 2.05) is 37.3 Å². The Morgan fingerprint density at radius 2 is 2.10 bits per heavy atom. The van der Waals surface area contributed by atoms with Crippen molar-refractivity contribution in [3.8, 4) is 11.6 Å². The first-order valence-electron chi connectivity index (χ1n) is 6.51. The van der Waals surface area contributed by atoms with Gasteiger partial charge in [-0.25, -0.2) is 4.98 Å². The minimum absolute atomic E-state index is 0.347. The number of hydrogen-bond acceptors (Lipinski definition) is 4. The normalized spacial score (nSPS) is 12.0. The second-order valence-corrected chi connectivity index (χ2v) is 4.68. The zero-order valence-corrected chi connectivity index (χ0v) is 12.0. The van der Waals surface area contributed by atoms with Crippen molar-refractivity contribution in [1.82, 2.24) is 4.98 Å². The number of ether oxygens (including phenoxy) is 2. The number of aliphatic hydroxyl groups is 1. The molecule has 0 radical (unpaired) electrons. The molecule has 1 heterocycles. The van der Waals surface area contributed by atoms with Gasteiger partial charge in [0, 0.05) is 11.8 Å². The summed E-state index contributed by atoms with van der Waals surface area (Å²) in [4.78, 5) is 4.13. The molecule has 1 aromatic heterocycles. The van der Waals surface area contributed by atoms with Crippen LogP contribution in [0, 0.1) is 6.92 Å². The average molecular weight is 273 g/mol. The van der Waals surface area contributed by atoms with Gasteiger partial charge in [-0.1, -0.05) is 11.6 Å². The van der Waals surface area contributed by atoms with Crippen LogP contribution >= 0.6 is 0 Å². The van der Waals surface area contributed by atoms with Gasteiger partial charge in [0.05, 0.1) is 18.8 Å². The number of rotatable bonds is 5. The zero-order valence-electron chi connectivity index (χ0n) is 12.0. The Morgan fingerprint density at radius 1 is 1.30 bits per heavy atom. The Morgan fingerprint density at radius 3 is 2.80 bits per heavy atom. The van der Waals surface area contributed by atoms with Gasteiger partial charge in [-0.3, -0.25) is 0 Å². The lowest BCUT2D eigenvalue weighted by Crippen LogP contribution is -2.03. The monoisotopic (exact) mass is 273 g/mol. The highest BCUT2D eigenvalue weighted by Gasteiger charge is 2.11. The summed E-state index contributed by atoms with van der Waals surface area (Å²) >= 11 is 0. The molecule has 0 aliphatic carbocycles. The summed E-state index contributed by atoms with van der Waals surface area (Å²) in [7, 11) is 1.58. The van der Waals surface area contributed by atoms with Crippen molar-refractivity contribution < 1.29 is 14.6 Å². The fourth-order valence-corrected chi connectivity index (χ4v) is 2.00. The number of pyridine rings is 1. The number of hydrogen-bond donors (Lipinski definition) is 1. The van der Waals surface area contributed by atoms with Crippen LogP contribution in [0.3, 0.4) is 0 Å². The van der Waals surface area contributed by atoms with Crippen LogP contribution in [0.25, 0.3) is 0 Å². The van der Waals surface area contributed by atoms with E-state index in [1.165, 1.54) is 0 Å². The van der Waals surface area contributed by atoms with Gasteiger partial charge in [-0.15, -0.1) is 0 Å². The maximum absolute atomic E-state index is 9.81. The summed E-state index contributed by atoms with van der Waals surface area (Å²) in [5, 5.41) is 9.81. The second kappa shape index (κ2) is 6.39. The summed E-state index contributed by atoms with van der Waals surface area (Å²) < 4.78 is 11.0. The number of nitrogens with zero attached hydrogens (tertiary/aromatic N) is 1. The molecule has 0 aliphatic heterocycles. The van der Waals surface area contributed by atoms with Gasteiger partial charge in [-0.05, 0) is 38.1 Å². The van der Waals surface area contributed by atoms with Gasteiger partial charge in [0.25, 0.3) is 0 Å². The Balaban J connectivity index is 2.19. The van der Waals surface area contributed by atoms with E-state index in [0.717, 1.165) is 16.7 Å². The van der Waals surface area contributed by atoms with E-state index >= 15 is 0 Å². The van der Waals surface area contributed by atoms with Crippen molar-refractivity contribution in [3.63, 3.8) is 0 Å². The van der Waals surface area contributed by atoms with E-state index in [9.17, 15) is 5.11 Å². The fraction of sp³-hybridized carbons (Fsp3) is 0.312. The number of aliphatic hydroxyl groups excluding tert-OH is 1. The summed E-state index contributed by atoms with van der Waals surface area (Å²) in [5.74, 6) is 1.23. The molecular formula is C16H19NO3.